The molecule has 0 amide bonds. The van der Waals surface area contributed by atoms with E-state index < -0.39 is 48.5 Å². The van der Waals surface area contributed by atoms with Gasteiger partial charge in [-0.3, -0.25) is 19.6 Å². The van der Waals surface area contributed by atoms with Gasteiger partial charge in [-0.2, -0.15) is 0 Å². The molecule has 2 aromatic heterocycles. The quantitative estimate of drug-likeness (QED) is 0.348. The first-order valence-corrected chi connectivity index (χ1v) is 9.79. The molecule has 0 saturated heterocycles. The van der Waals surface area contributed by atoms with Gasteiger partial charge in [-0.25, -0.2) is 19.2 Å². The van der Waals surface area contributed by atoms with Gasteiger partial charge in [0.15, 0.2) is 0 Å². The molecule has 0 aliphatic rings. The van der Waals surface area contributed by atoms with Gasteiger partial charge in [0.1, 0.15) is 5.78 Å². The predicted octanol–water partition coefficient (Wildman–Crippen LogP) is 1.56. The molecule has 2 aromatic rings. The predicted molar refractivity (Wildman–Crippen MR) is 121 cm³/mol. The lowest BCUT2D eigenvalue weighted by atomic mass is 10.2. The average Bonchev–Trinajstić information content (AvgIpc) is 2.83. The Hall–Kier alpha value is -4.68. The van der Waals surface area contributed by atoms with Crippen molar-refractivity contribution in [2.24, 2.45) is 0 Å². The largest absolute Gasteiger partial charge is 0.481 e. The normalized spacial score (nSPS) is 11.2. The van der Waals surface area contributed by atoms with Gasteiger partial charge >= 0.3 is 29.8 Å². The summed E-state index contributed by atoms with van der Waals surface area (Å²) in [5.74, 6) is -5.56. The Bertz CT molecular complexity index is 1040. The van der Waals surface area contributed by atoms with Gasteiger partial charge in [-0.15, -0.1) is 0 Å². The molecule has 2 atom stereocenters. The Morgan fingerprint density at radius 1 is 0.833 bits per heavy atom. The Morgan fingerprint density at radius 3 is 1.64 bits per heavy atom. The van der Waals surface area contributed by atoms with E-state index in [4.69, 9.17) is 19.7 Å². The minimum Gasteiger partial charge on any atom is -0.481 e. The number of hydrogen-bond donors (Lipinski definition) is 2. The van der Waals surface area contributed by atoms with E-state index in [2.05, 4.69) is 14.7 Å². The van der Waals surface area contributed by atoms with Crippen molar-refractivity contribution in [1.82, 2.24) is 9.97 Å². The molecule has 2 unspecified atom stereocenters. The molecule has 0 fully saturated rings. The van der Waals surface area contributed by atoms with E-state index >= 15 is 0 Å². The number of pyridine rings is 2. The van der Waals surface area contributed by atoms with Crippen molar-refractivity contribution in [1.29, 1.82) is 0 Å². The van der Waals surface area contributed by atoms with Crippen molar-refractivity contribution in [2.45, 2.75) is 39.4 Å². The number of aromatic nitrogens is 2. The fourth-order valence-electron chi connectivity index (χ4n) is 2.27. The summed E-state index contributed by atoms with van der Waals surface area (Å²) in [7, 11) is 1.08. The van der Waals surface area contributed by atoms with E-state index in [0.717, 1.165) is 7.11 Å². The number of esters is 3. The Morgan fingerprint density at radius 2 is 1.31 bits per heavy atom. The van der Waals surface area contributed by atoms with Crippen molar-refractivity contribution in [3.05, 3.63) is 60.2 Å². The summed E-state index contributed by atoms with van der Waals surface area (Å²) >= 11 is 0. The van der Waals surface area contributed by atoms with E-state index in [1.165, 1.54) is 56.0 Å². The summed E-state index contributed by atoms with van der Waals surface area (Å²) in [6.45, 7) is 1.23. The third-order valence-corrected chi connectivity index (χ3v) is 3.87. The fraction of sp³-hybridized carbons (Fsp3) is 0.304. The first kappa shape index (κ1) is 31.3. The Labute approximate surface area is 206 Å². The minimum absolute atomic E-state index is 0. The number of nitrogens with zero attached hydrogens (tertiary/aromatic N) is 2. The van der Waals surface area contributed by atoms with Crippen LogP contribution in [0, 0.1) is 0 Å². The number of aliphatic carboxylic acids is 2. The first-order valence-electron chi connectivity index (χ1n) is 9.79. The molecule has 194 valence electrons. The summed E-state index contributed by atoms with van der Waals surface area (Å²) in [4.78, 5) is 73.8. The monoisotopic (exact) mass is 506 g/mol. The standard InChI is InChI=1S/C11H11NO6.C11H11NO5.CH4/c1-17-11(16)8(5-9(13)14)18-10(15)7-3-2-4-12-6-7;1-7(13)5-9(10(14)15)17-11(16)8-3-2-4-12-6-8;/h2-4,6,8H,5H2,1H3,(H,13,14);2-4,6,9H,5H2,1H3,(H,14,15);1H4. The molecule has 2 heterocycles. The third-order valence-electron chi connectivity index (χ3n) is 3.87. The van der Waals surface area contributed by atoms with Gasteiger partial charge in [0.2, 0.25) is 12.2 Å². The van der Waals surface area contributed by atoms with Gasteiger partial charge in [-0.1, -0.05) is 7.43 Å². The lowest BCUT2D eigenvalue weighted by Crippen LogP contribution is -2.30. The van der Waals surface area contributed by atoms with Crippen LogP contribution in [-0.2, 0) is 33.4 Å². The summed E-state index contributed by atoms with van der Waals surface area (Å²) in [5.41, 5.74) is 0.263. The maximum absolute atomic E-state index is 11.6. The molecular weight excluding hydrogens is 480 g/mol. The highest BCUT2D eigenvalue weighted by Crippen LogP contribution is 2.08. The van der Waals surface area contributed by atoms with Crippen LogP contribution < -0.4 is 0 Å². The van der Waals surface area contributed by atoms with E-state index in [0.29, 0.717) is 0 Å². The molecule has 0 aliphatic heterocycles. The second-order valence-corrected chi connectivity index (χ2v) is 6.64. The average molecular weight is 506 g/mol. The lowest BCUT2D eigenvalue weighted by molar-refractivity contribution is -0.156. The van der Waals surface area contributed by atoms with Crippen molar-refractivity contribution >= 4 is 35.6 Å². The molecule has 0 bridgehead atoms. The summed E-state index contributed by atoms with van der Waals surface area (Å²) in [6.07, 6.45) is 1.51. The number of carboxylic acids is 2. The van der Waals surface area contributed by atoms with Crippen molar-refractivity contribution in [3.63, 3.8) is 0 Å². The van der Waals surface area contributed by atoms with E-state index in [1.807, 2.05) is 0 Å². The first-order chi connectivity index (χ1) is 16.5. The van der Waals surface area contributed by atoms with Gasteiger partial charge in [0.25, 0.3) is 0 Å². The van der Waals surface area contributed by atoms with Crippen LogP contribution in [0.2, 0.25) is 0 Å². The minimum atomic E-state index is -1.47. The number of carbonyl (C=O) groups is 6. The van der Waals surface area contributed by atoms with Crippen LogP contribution in [0.3, 0.4) is 0 Å². The highest BCUT2D eigenvalue weighted by Gasteiger charge is 2.27. The smallest absolute Gasteiger partial charge is 0.347 e. The molecule has 13 nitrogen and oxygen atoms in total. The molecule has 0 spiro atoms. The molecule has 2 N–H and O–H groups in total. The SMILES string of the molecule is C.CC(=O)CC(OC(=O)c1cccnc1)C(=O)O.COC(=O)C(CC(=O)O)OC(=O)c1cccnc1. The van der Waals surface area contributed by atoms with Gasteiger partial charge in [-0.05, 0) is 31.2 Å². The van der Waals surface area contributed by atoms with Gasteiger partial charge in [0, 0.05) is 24.8 Å². The van der Waals surface area contributed by atoms with Crippen molar-refractivity contribution < 1.29 is 53.2 Å². The molecule has 0 aromatic carbocycles. The lowest BCUT2D eigenvalue weighted by Gasteiger charge is -2.13. The summed E-state index contributed by atoms with van der Waals surface area (Å²) in [6, 6.07) is 5.92. The number of methoxy groups -OCH3 is 1. The van der Waals surface area contributed by atoms with Crippen LogP contribution in [0.25, 0.3) is 0 Å². The number of ether oxygens (including phenoxy) is 3. The van der Waals surface area contributed by atoms with Gasteiger partial charge in [0.05, 0.1) is 31.1 Å². The fourth-order valence-corrected chi connectivity index (χ4v) is 2.27. The number of carbonyl (C=O) groups excluding carboxylic acids is 4. The third kappa shape index (κ3) is 11.4. The molecule has 2 rings (SSSR count). The number of Topliss-reactive ketones (excluding diaryl/α,β-unsaturated/α-hetero) is 1. The molecular formula is C23H26N2O11. The summed E-state index contributed by atoms with van der Waals surface area (Å²) < 4.78 is 13.8. The highest BCUT2D eigenvalue weighted by atomic mass is 16.6. The number of hydrogen-bond acceptors (Lipinski definition) is 11. The van der Waals surface area contributed by atoms with Crippen molar-refractivity contribution in [2.75, 3.05) is 7.11 Å². The maximum Gasteiger partial charge on any atom is 0.347 e. The van der Waals surface area contributed by atoms with E-state index in [9.17, 15) is 28.8 Å². The maximum atomic E-state index is 11.6. The zero-order chi connectivity index (χ0) is 26.4. The molecule has 13 heteroatoms. The van der Waals surface area contributed by atoms with Crippen LogP contribution >= 0.6 is 0 Å². The molecule has 0 radical (unpaired) electrons. The van der Waals surface area contributed by atoms with Crippen LogP contribution in [-0.4, -0.2) is 75.1 Å². The van der Waals surface area contributed by atoms with Crippen LogP contribution in [0.1, 0.15) is 47.9 Å². The Balaban J connectivity index is 0.000000663. The number of ketones is 1. The van der Waals surface area contributed by atoms with E-state index in [-0.39, 0.29) is 30.8 Å². The van der Waals surface area contributed by atoms with Crippen LogP contribution in [0.15, 0.2) is 49.1 Å². The molecule has 36 heavy (non-hydrogen) atoms. The topological polar surface area (TPSA) is 196 Å². The van der Waals surface area contributed by atoms with Crippen LogP contribution in [0.5, 0.6) is 0 Å². The Kier molecular flexibility index (Phi) is 13.9. The van der Waals surface area contributed by atoms with Gasteiger partial charge < -0.3 is 24.4 Å². The number of carboxylic acid groups (broad SMARTS) is 2. The second kappa shape index (κ2) is 16.0. The van der Waals surface area contributed by atoms with Crippen LogP contribution in [0.4, 0.5) is 0 Å². The molecule has 0 aliphatic carbocycles. The highest BCUT2D eigenvalue weighted by molar-refractivity contribution is 5.93. The zero-order valence-electron chi connectivity index (χ0n) is 18.7. The zero-order valence-corrected chi connectivity index (χ0v) is 18.7. The summed E-state index contributed by atoms with van der Waals surface area (Å²) in [5, 5.41) is 17.4. The number of rotatable bonds is 10. The second-order valence-electron chi connectivity index (χ2n) is 6.64. The van der Waals surface area contributed by atoms with Crippen molar-refractivity contribution in [3.8, 4) is 0 Å². The van der Waals surface area contributed by atoms with E-state index in [1.54, 1.807) is 0 Å². The molecule has 0 saturated carbocycles.